The van der Waals surface area contributed by atoms with Crippen LogP contribution in [0.4, 0.5) is 11.6 Å². The van der Waals surface area contributed by atoms with Gasteiger partial charge in [-0.1, -0.05) is 0 Å². The van der Waals surface area contributed by atoms with Gasteiger partial charge in [-0.15, -0.1) is 0 Å². The van der Waals surface area contributed by atoms with Crippen molar-refractivity contribution in [2.75, 3.05) is 36.5 Å². The minimum atomic E-state index is 0.440. The predicted octanol–water partition coefficient (Wildman–Crippen LogP) is 1.12. The first kappa shape index (κ1) is 13.1. The van der Waals surface area contributed by atoms with E-state index in [0.717, 1.165) is 31.3 Å². The summed E-state index contributed by atoms with van der Waals surface area (Å²) in [5.74, 6) is 2.02. The van der Waals surface area contributed by atoms with Crippen LogP contribution in [0.15, 0.2) is 12.4 Å². The highest BCUT2D eigenvalue weighted by molar-refractivity contribution is 5.50. The number of anilines is 2. The Hall–Kier alpha value is -1.36. The van der Waals surface area contributed by atoms with E-state index in [9.17, 15) is 0 Å². The number of nitrogens with one attached hydrogen (secondary N) is 1. The smallest absolute Gasteiger partial charge is 0.134 e. The monoisotopic (exact) mass is 249 g/mol. The summed E-state index contributed by atoms with van der Waals surface area (Å²) < 4.78 is 0. The standard InChI is InChI=1S/C13H23N5/c1-10(2)17(4)12-7-13(16-9-15-12)18-6-5-14-11(3)8-18/h7,9-11,14H,5-6,8H2,1-4H3. The van der Waals surface area contributed by atoms with Crippen molar-refractivity contribution in [1.29, 1.82) is 0 Å². The van der Waals surface area contributed by atoms with Crippen LogP contribution in [-0.4, -0.2) is 48.7 Å². The molecule has 1 aliphatic rings. The molecule has 0 aromatic carbocycles. The van der Waals surface area contributed by atoms with E-state index in [4.69, 9.17) is 0 Å². The topological polar surface area (TPSA) is 44.3 Å². The van der Waals surface area contributed by atoms with E-state index < -0.39 is 0 Å². The molecule has 5 nitrogen and oxygen atoms in total. The lowest BCUT2D eigenvalue weighted by Crippen LogP contribution is -2.49. The van der Waals surface area contributed by atoms with Crippen LogP contribution in [0.5, 0.6) is 0 Å². The van der Waals surface area contributed by atoms with Gasteiger partial charge in [0.1, 0.15) is 18.0 Å². The Morgan fingerprint density at radius 2 is 2.22 bits per heavy atom. The molecular weight excluding hydrogens is 226 g/mol. The molecule has 1 fully saturated rings. The summed E-state index contributed by atoms with van der Waals surface area (Å²) in [5.41, 5.74) is 0. The molecule has 1 atom stereocenters. The number of nitrogens with zero attached hydrogens (tertiary/aromatic N) is 4. The van der Waals surface area contributed by atoms with E-state index in [0.29, 0.717) is 12.1 Å². The number of piperazine rings is 1. The van der Waals surface area contributed by atoms with Crippen LogP contribution >= 0.6 is 0 Å². The largest absolute Gasteiger partial charge is 0.357 e. The molecule has 2 rings (SSSR count). The zero-order chi connectivity index (χ0) is 13.1. The summed E-state index contributed by atoms with van der Waals surface area (Å²) in [5, 5.41) is 3.44. The Morgan fingerprint density at radius 3 is 2.89 bits per heavy atom. The molecule has 2 heterocycles. The van der Waals surface area contributed by atoms with Gasteiger partial charge in [0.2, 0.25) is 0 Å². The second kappa shape index (κ2) is 5.52. The summed E-state index contributed by atoms with van der Waals surface area (Å²) in [4.78, 5) is 13.2. The third-order valence-electron chi connectivity index (χ3n) is 3.47. The van der Waals surface area contributed by atoms with Crippen LogP contribution in [0, 0.1) is 0 Å². The van der Waals surface area contributed by atoms with Crippen LogP contribution in [0.1, 0.15) is 20.8 Å². The van der Waals surface area contributed by atoms with Crippen LogP contribution in [-0.2, 0) is 0 Å². The zero-order valence-corrected chi connectivity index (χ0v) is 11.7. The maximum atomic E-state index is 4.40. The summed E-state index contributed by atoms with van der Waals surface area (Å²) in [6.07, 6.45) is 1.66. The van der Waals surface area contributed by atoms with E-state index in [1.165, 1.54) is 0 Å². The molecule has 0 spiro atoms. The van der Waals surface area contributed by atoms with Gasteiger partial charge in [-0.05, 0) is 20.8 Å². The van der Waals surface area contributed by atoms with Crippen molar-refractivity contribution in [2.24, 2.45) is 0 Å². The lowest BCUT2D eigenvalue weighted by Gasteiger charge is -2.33. The van der Waals surface area contributed by atoms with E-state index >= 15 is 0 Å². The van der Waals surface area contributed by atoms with Gasteiger partial charge in [0.05, 0.1) is 0 Å². The van der Waals surface area contributed by atoms with Gasteiger partial charge >= 0.3 is 0 Å². The molecule has 0 aliphatic carbocycles. The van der Waals surface area contributed by atoms with E-state index in [1.807, 2.05) is 0 Å². The van der Waals surface area contributed by atoms with Gasteiger partial charge < -0.3 is 15.1 Å². The Morgan fingerprint density at radius 1 is 1.44 bits per heavy atom. The van der Waals surface area contributed by atoms with Gasteiger partial charge in [-0.2, -0.15) is 0 Å². The van der Waals surface area contributed by atoms with Crippen molar-refractivity contribution in [2.45, 2.75) is 32.9 Å². The van der Waals surface area contributed by atoms with Crippen LogP contribution < -0.4 is 15.1 Å². The Kier molecular flexibility index (Phi) is 4.01. The second-order valence-corrected chi connectivity index (χ2v) is 5.24. The van der Waals surface area contributed by atoms with E-state index in [2.05, 4.69) is 59.0 Å². The lowest BCUT2D eigenvalue weighted by molar-refractivity contribution is 0.482. The lowest BCUT2D eigenvalue weighted by atomic mass is 10.2. The first-order valence-electron chi connectivity index (χ1n) is 6.61. The molecule has 1 unspecified atom stereocenters. The minimum Gasteiger partial charge on any atom is -0.357 e. The summed E-state index contributed by atoms with van der Waals surface area (Å²) in [6.45, 7) is 9.55. The molecule has 1 saturated heterocycles. The van der Waals surface area contributed by atoms with E-state index in [1.54, 1.807) is 6.33 Å². The highest BCUT2D eigenvalue weighted by atomic mass is 15.3. The van der Waals surface area contributed by atoms with Crippen LogP contribution in [0.3, 0.4) is 0 Å². The number of hydrogen-bond donors (Lipinski definition) is 1. The van der Waals surface area contributed by atoms with Gasteiger partial charge in [-0.3, -0.25) is 0 Å². The Balaban J connectivity index is 2.16. The molecule has 0 radical (unpaired) electrons. The fourth-order valence-electron chi connectivity index (χ4n) is 2.11. The highest BCUT2D eigenvalue weighted by Gasteiger charge is 2.18. The minimum absolute atomic E-state index is 0.440. The van der Waals surface area contributed by atoms with Crippen LogP contribution in [0.2, 0.25) is 0 Å². The molecule has 1 aromatic rings. The normalized spacial score (nSPS) is 20.3. The van der Waals surface area contributed by atoms with E-state index in [-0.39, 0.29) is 0 Å². The first-order chi connectivity index (χ1) is 8.58. The maximum Gasteiger partial charge on any atom is 0.134 e. The molecule has 0 saturated carbocycles. The van der Waals surface area contributed by atoms with Crippen molar-refractivity contribution < 1.29 is 0 Å². The molecule has 1 aromatic heterocycles. The third kappa shape index (κ3) is 2.90. The first-order valence-corrected chi connectivity index (χ1v) is 6.61. The predicted molar refractivity (Wildman–Crippen MR) is 75.2 cm³/mol. The van der Waals surface area contributed by atoms with Crippen molar-refractivity contribution in [3.05, 3.63) is 12.4 Å². The second-order valence-electron chi connectivity index (χ2n) is 5.24. The van der Waals surface area contributed by atoms with Crippen LogP contribution in [0.25, 0.3) is 0 Å². The molecule has 5 heteroatoms. The fraction of sp³-hybridized carbons (Fsp3) is 0.692. The molecule has 1 aliphatic heterocycles. The number of hydrogen-bond acceptors (Lipinski definition) is 5. The van der Waals surface area contributed by atoms with Gasteiger partial charge in [0.25, 0.3) is 0 Å². The number of rotatable bonds is 3. The molecular formula is C13H23N5. The van der Waals surface area contributed by atoms with Gasteiger partial charge in [0.15, 0.2) is 0 Å². The SMILES string of the molecule is CC1CN(c2cc(N(C)C(C)C)ncn2)CCN1. The molecule has 18 heavy (non-hydrogen) atoms. The Bertz CT molecular complexity index is 393. The molecule has 0 bridgehead atoms. The molecule has 1 N–H and O–H groups in total. The van der Waals surface area contributed by atoms with Gasteiger partial charge in [0, 0.05) is 44.8 Å². The van der Waals surface area contributed by atoms with Crippen molar-refractivity contribution in [3.63, 3.8) is 0 Å². The van der Waals surface area contributed by atoms with Crippen molar-refractivity contribution >= 4 is 11.6 Å². The average molecular weight is 249 g/mol. The highest BCUT2D eigenvalue weighted by Crippen LogP contribution is 2.19. The molecule has 100 valence electrons. The summed E-state index contributed by atoms with van der Waals surface area (Å²) >= 11 is 0. The van der Waals surface area contributed by atoms with Gasteiger partial charge in [-0.25, -0.2) is 9.97 Å². The summed E-state index contributed by atoms with van der Waals surface area (Å²) in [6, 6.07) is 3.03. The summed E-state index contributed by atoms with van der Waals surface area (Å²) in [7, 11) is 2.07. The number of aromatic nitrogens is 2. The average Bonchev–Trinajstić information content (AvgIpc) is 2.38. The third-order valence-corrected chi connectivity index (χ3v) is 3.47. The van der Waals surface area contributed by atoms with Crippen molar-refractivity contribution in [1.82, 2.24) is 15.3 Å². The molecule has 0 amide bonds. The zero-order valence-electron chi connectivity index (χ0n) is 11.7. The Labute approximate surface area is 109 Å². The fourth-order valence-corrected chi connectivity index (χ4v) is 2.11. The van der Waals surface area contributed by atoms with Crippen molar-refractivity contribution in [3.8, 4) is 0 Å². The quantitative estimate of drug-likeness (QED) is 0.869. The maximum absolute atomic E-state index is 4.40.